The Kier molecular flexibility index (Phi) is 3.85. The maximum Gasteiger partial charge on any atom is 0.191 e. The largest absolute Gasteiger partial charge is 0.494 e. The number of fused-ring (bicyclic) bond motifs is 1. The number of aromatic nitrogens is 2. The quantitative estimate of drug-likeness (QED) is 0.842. The molecule has 1 aromatic heterocycles. The number of benzene rings is 1. The highest BCUT2D eigenvalue weighted by molar-refractivity contribution is 5.90. The number of aliphatic hydroxyl groups excluding tert-OH is 1. The molecule has 2 heterocycles. The van der Waals surface area contributed by atoms with E-state index in [1.807, 2.05) is 4.90 Å². The van der Waals surface area contributed by atoms with E-state index in [4.69, 9.17) is 4.74 Å². The van der Waals surface area contributed by atoms with Crippen molar-refractivity contribution in [1.29, 1.82) is 0 Å². The van der Waals surface area contributed by atoms with Gasteiger partial charge in [0.05, 0.1) is 13.2 Å². The topological polar surface area (TPSA) is 70.5 Å². The summed E-state index contributed by atoms with van der Waals surface area (Å²) >= 11 is 0. The molecular weight excluding hydrogens is 275 g/mol. The fourth-order valence-electron chi connectivity index (χ4n) is 2.56. The number of methoxy groups -OCH3 is 1. The van der Waals surface area contributed by atoms with Crippen LogP contribution in [-0.2, 0) is 0 Å². The molecule has 0 bridgehead atoms. The van der Waals surface area contributed by atoms with Crippen LogP contribution in [0.1, 0.15) is 0 Å². The summed E-state index contributed by atoms with van der Waals surface area (Å²) in [5, 5.41) is 13.6. The molecule has 0 spiro atoms. The summed E-state index contributed by atoms with van der Waals surface area (Å²) in [4.78, 5) is 10.2. The van der Waals surface area contributed by atoms with Crippen LogP contribution in [0.3, 0.4) is 0 Å². The van der Waals surface area contributed by atoms with E-state index in [0.29, 0.717) is 30.8 Å². The van der Waals surface area contributed by atoms with Crippen LogP contribution in [0.4, 0.5) is 10.2 Å². The maximum atomic E-state index is 14.3. The molecule has 0 amide bonds. The van der Waals surface area contributed by atoms with Gasteiger partial charge in [-0.2, -0.15) is 0 Å². The van der Waals surface area contributed by atoms with Crippen LogP contribution in [0.5, 0.6) is 5.75 Å². The van der Waals surface area contributed by atoms with Crippen molar-refractivity contribution in [2.24, 2.45) is 0 Å². The standard InChI is InChI=1S/C14H17FN4O2/c1-21-11-3-2-10-13(12(11)15)17-8-18-14(10)19-5-4-16-6-9(20)7-19/h2-3,8-9,16,20H,4-7H2,1H3. The van der Waals surface area contributed by atoms with Gasteiger partial charge >= 0.3 is 0 Å². The van der Waals surface area contributed by atoms with Gasteiger partial charge in [-0.1, -0.05) is 0 Å². The van der Waals surface area contributed by atoms with Crippen molar-refractivity contribution >= 4 is 16.7 Å². The monoisotopic (exact) mass is 292 g/mol. The first-order valence-corrected chi connectivity index (χ1v) is 6.81. The van der Waals surface area contributed by atoms with Gasteiger partial charge in [0.25, 0.3) is 0 Å². The number of hydrogen-bond acceptors (Lipinski definition) is 6. The summed E-state index contributed by atoms with van der Waals surface area (Å²) in [7, 11) is 1.42. The van der Waals surface area contributed by atoms with Crippen LogP contribution in [0.2, 0.25) is 0 Å². The number of rotatable bonds is 2. The van der Waals surface area contributed by atoms with Crippen molar-refractivity contribution in [1.82, 2.24) is 15.3 Å². The SMILES string of the molecule is COc1ccc2c(N3CCNCC(O)C3)ncnc2c1F. The first-order chi connectivity index (χ1) is 10.2. The number of hydrogen-bond donors (Lipinski definition) is 2. The van der Waals surface area contributed by atoms with Gasteiger partial charge in [-0.05, 0) is 12.1 Å². The minimum absolute atomic E-state index is 0.157. The Hall–Kier alpha value is -1.99. The average Bonchev–Trinajstić information content (AvgIpc) is 2.72. The Labute approximate surface area is 121 Å². The van der Waals surface area contributed by atoms with Crippen LogP contribution < -0.4 is 15.0 Å². The summed E-state index contributed by atoms with van der Waals surface area (Å²) in [6.45, 7) is 2.42. The smallest absolute Gasteiger partial charge is 0.191 e. The normalized spacial score (nSPS) is 19.6. The van der Waals surface area contributed by atoms with Crippen molar-refractivity contribution in [2.45, 2.75) is 6.10 Å². The number of nitrogens with one attached hydrogen (secondary N) is 1. The van der Waals surface area contributed by atoms with E-state index in [9.17, 15) is 9.50 Å². The van der Waals surface area contributed by atoms with Crippen LogP contribution in [-0.4, -0.2) is 54.5 Å². The summed E-state index contributed by atoms with van der Waals surface area (Å²) in [6.07, 6.45) is 0.853. The lowest BCUT2D eigenvalue weighted by Crippen LogP contribution is -2.33. The number of anilines is 1. The van der Waals surface area contributed by atoms with E-state index in [2.05, 4.69) is 15.3 Å². The lowest BCUT2D eigenvalue weighted by Gasteiger charge is -2.24. The molecular formula is C14H17FN4O2. The zero-order chi connectivity index (χ0) is 14.8. The zero-order valence-electron chi connectivity index (χ0n) is 11.7. The molecule has 1 unspecified atom stereocenters. The zero-order valence-corrected chi connectivity index (χ0v) is 11.7. The van der Waals surface area contributed by atoms with Crippen LogP contribution in [0, 0.1) is 5.82 Å². The van der Waals surface area contributed by atoms with Gasteiger partial charge < -0.3 is 20.1 Å². The van der Waals surface area contributed by atoms with Crippen LogP contribution >= 0.6 is 0 Å². The molecule has 2 N–H and O–H groups in total. The number of ether oxygens (including phenoxy) is 1. The predicted octanol–water partition coefficient (Wildman–Crippen LogP) is 0.548. The molecule has 3 rings (SSSR count). The highest BCUT2D eigenvalue weighted by atomic mass is 19.1. The first kappa shape index (κ1) is 14.0. The van der Waals surface area contributed by atoms with E-state index < -0.39 is 11.9 Å². The molecule has 1 aliphatic heterocycles. The Morgan fingerprint density at radius 3 is 3.10 bits per heavy atom. The maximum absolute atomic E-state index is 14.3. The van der Waals surface area contributed by atoms with Gasteiger partial charge in [-0.15, -0.1) is 0 Å². The van der Waals surface area contributed by atoms with E-state index in [1.54, 1.807) is 12.1 Å². The van der Waals surface area contributed by atoms with Gasteiger partial charge in [0.2, 0.25) is 0 Å². The third kappa shape index (κ3) is 2.62. The third-order valence-electron chi connectivity index (χ3n) is 3.58. The van der Waals surface area contributed by atoms with Crippen molar-refractivity contribution in [3.05, 3.63) is 24.3 Å². The molecule has 1 saturated heterocycles. The first-order valence-electron chi connectivity index (χ1n) is 6.81. The molecule has 112 valence electrons. The van der Waals surface area contributed by atoms with Gasteiger partial charge in [0.15, 0.2) is 11.6 Å². The molecule has 1 fully saturated rings. The second kappa shape index (κ2) is 5.79. The van der Waals surface area contributed by atoms with Gasteiger partial charge in [0.1, 0.15) is 17.7 Å². The van der Waals surface area contributed by atoms with Gasteiger partial charge in [0, 0.05) is 31.6 Å². The van der Waals surface area contributed by atoms with E-state index >= 15 is 0 Å². The molecule has 1 aromatic carbocycles. The Bertz CT molecular complexity index is 652. The van der Waals surface area contributed by atoms with Gasteiger partial charge in [-0.25, -0.2) is 14.4 Å². The molecule has 1 atom stereocenters. The molecule has 0 aliphatic carbocycles. The van der Waals surface area contributed by atoms with Crippen molar-refractivity contribution in [3.63, 3.8) is 0 Å². The number of aliphatic hydroxyl groups is 1. The number of β-amino-alcohol motifs (C(OH)–C–C–N with tert-alkyl or cyclic N) is 1. The lowest BCUT2D eigenvalue weighted by molar-refractivity contribution is 0.184. The third-order valence-corrected chi connectivity index (χ3v) is 3.58. The van der Waals surface area contributed by atoms with Crippen molar-refractivity contribution in [2.75, 3.05) is 38.2 Å². The summed E-state index contributed by atoms with van der Waals surface area (Å²) in [5.74, 6) is 0.293. The summed E-state index contributed by atoms with van der Waals surface area (Å²) in [6, 6.07) is 3.31. The van der Waals surface area contributed by atoms with E-state index in [0.717, 1.165) is 6.54 Å². The second-order valence-corrected chi connectivity index (χ2v) is 4.98. The molecule has 0 radical (unpaired) electrons. The van der Waals surface area contributed by atoms with Crippen molar-refractivity contribution < 1.29 is 14.2 Å². The Morgan fingerprint density at radius 2 is 2.29 bits per heavy atom. The molecule has 7 heteroatoms. The van der Waals surface area contributed by atoms with E-state index in [-0.39, 0.29) is 11.3 Å². The van der Waals surface area contributed by atoms with Crippen molar-refractivity contribution in [3.8, 4) is 5.75 Å². The number of halogens is 1. The Balaban J connectivity index is 2.08. The van der Waals surface area contributed by atoms with Gasteiger partial charge in [-0.3, -0.25) is 0 Å². The molecule has 6 nitrogen and oxygen atoms in total. The molecule has 2 aromatic rings. The molecule has 0 saturated carbocycles. The highest BCUT2D eigenvalue weighted by Gasteiger charge is 2.20. The predicted molar refractivity (Wildman–Crippen MR) is 77.1 cm³/mol. The number of nitrogens with zero attached hydrogens (tertiary/aromatic N) is 3. The summed E-state index contributed by atoms with van der Waals surface area (Å²) < 4.78 is 19.3. The highest BCUT2D eigenvalue weighted by Crippen LogP contribution is 2.29. The minimum atomic E-state index is -0.493. The van der Waals surface area contributed by atoms with Crippen LogP contribution in [0.15, 0.2) is 18.5 Å². The molecule has 1 aliphatic rings. The fourth-order valence-corrected chi connectivity index (χ4v) is 2.56. The average molecular weight is 292 g/mol. The van der Waals surface area contributed by atoms with E-state index in [1.165, 1.54) is 13.4 Å². The fraction of sp³-hybridized carbons (Fsp3) is 0.429. The second-order valence-electron chi connectivity index (χ2n) is 4.98. The minimum Gasteiger partial charge on any atom is -0.494 e. The lowest BCUT2D eigenvalue weighted by atomic mass is 10.2. The van der Waals surface area contributed by atoms with Crippen LogP contribution in [0.25, 0.3) is 10.9 Å². The molecule has 21 heavy (non-hydrogen) atoms. The summed E-state index contributed by atoms with van der Waals surface area (Å²) in [5.41, 5.74) is 0.228. The Morgan fingerprint density at radius 1 is 1.43 bits per heavy atom.